The van der Waals surface area contributed by atoms with Crippen LogP contribution in [0.25, 0.3) is 0 Å². The molecule has 0 radical (unpaired) electrons. The lowest BCUT2D eigenvalue weighted by atomic mass is 10.0. The van der Waals surface area contributed by atoms with Crippen molar-refractivity contribution in [2.75, 3.05) is 24.7 Å². The Morgan fingerprint density at radius 3 is 3.00 bits per heavy atom. The average Bonchev–Trinajstić information content (AvgIpc) is 2.55. The van der Waals surface area contributed by atoms with Crippen molar-refractivity contribution in [3.8, 4) is 6.07 Å². The lowest BCUT2D eigenvalue weighted by Gasteiger charge is -2.37. The Kier molecular flexibility index (Phi) is 5.97. The molecule has 0 bridgehead atoms. The smallest absolute Gasteiger partial charge is 0.293 e. The van der Waals surface area contributed by atoms with Gasteiger partial charge in [-0.15, -0.1) is 6.58 Å². The number of rotatable bonds is 6. The molecule has 0 saturated carbocycles. The van der Waals surface area contributed by atoms with E-state index in [0.717, 1.165) is 19.3 Å². The molecule has 0 N–H and O–H groups in total. The Balaban J connectivity index is 2.36. The van der Waals surface area contributed by atoms with Crippen molar-refractivity contribution in [3.05, 3.63) is 45.5 Å². The number of hydrogen-bond donors (Lipinski definition) is 0. The number of nitro groups is 1. The maximum Gasteiger partial charge on any atom is 0.293 e. The lowest BCUT2D eigenvalue weighted by Crippen LogP contribution is -2.43. The highest BCUT2D eigenvalue weighted by Gasteiger charge is 2.29. The van der Waals surface area contributed by atoms with Gasteiger partial charge in [0.2, 0.25) is 0 Å². The van der Waals surface area contributed by atoms with E-state index < -0.39 is 4.92 Å². The van der Waals surface area contributed by atoms with Crippen LogP contribution in [0.4, 0.5) is 11.4 Å². The average molecular weight is 336 g/mol. The van der Waals surface area contributed by atoms with E-state index in [1.807, 2.05) is 11.0 Å². The molecule has 0 aromatic heterocycles. The van der Waals surface area contributed by atoms with Crippen LogP contribution in [0, 0.1) is 21.4 Å². The number of benzene rings is 1. The molecule has 2 rings (SSSR count). The zero-order valence-electron chi connectivity index (χ0n) is 12.7. The summed E-state index contributed by atoms with van der Waals surface area (Å²) in [5.74, 6) is 0. The van der Waals surface area contributed by atoms with E-state index in [2.05, 4.69) is 6.58 Å². The Morgan fingerprint density at radius 1 is 1.57 bits per heavy atom. The van der Waals surface area contributed by atoms with Gasteiger partial charge in [-0.2, -0.15) is 5.26 Å². The molecule has 7 heteroatoms. The fraction of sp³-hybridized carbons (Fsp3) is 0.438. The van der Waals surface area contributed by atoms with Crippen LogP contribution in [0.2, 0.25) is 5.02 Å². The van der Waals surface area contributed by atoms with Crippen LogP contribution in [0.3, 0.4) is 0 Å². The summed E-state index contributed by atoms with van der Waals surface area (Å²) in [6, 6.07) is 4.69. The molecule has 1 heterocycles. The van der Waals surface area contributed by atoms with Crippen molar-refractivity contribution >= 4 is 23.0 Å². The van der Waals surface area contributed by atoms with Gasteiger partial charge in [0, 0.05) is 12.6 Å². The van der Waals surface area contributed by atoms with Gasteiger partial charge in [-0.3, -0.25) is 10.1 Å². The topological polar surface area (TPSA) is 79.4 Å². The lowest BCUT2D eigenvalue weighted by molar-refractivity contribution is -0.384. The quantitative estimate of drug-likeness (QED) is 0.343. The maximum absolute atomic E-state index is 11.4. The Bertz CT molecular complexity index is 642. The second-order valence-corrected chi connectivity index (χ2v) is 5.77. The van der Waals surface area contributed by atoms with Gasteiger partial charge >= 0.3 is 0 Å². The van der Waals surface area contributed by atoms with Gasteiger partial charge < -0.3 is 9.64 Å². The summed E-state index contributed by atoms with van der Waals surface area (Å²) < 4.78 is 5.53. The summed E-state index contributed by atoms with van der Waals surface area (Å²) in [7, 11) is 0. The third-order valence-corrected chi connectivity index (χ3v) is 4.18. The molecule has 0 unspecified atom stereocenters. The van der Waals surface area contributed by atoms with Crippen LogP contribution in [0.5, 0.6) is 0 Å². The summed E-state index contributed by atoms with van der Waals surface area (Å²) in [5.41, 5.74) is 0.464. The summed E-state index contributed by atoms with van der Waals surface area (Å²) in [6.45, 7) is 5.23. The number of anilines is 1. The van der Waals surface area contributed by atoms with Crippen molar-refractivity contribution in [2.45, 2.75) is 25.3 Å². The highest BCUT2D eigenvalue weighted by molar-refractivity contribution is 6.32. The van der Waals surface area contributed by atoms with Crippen molar-refractivity contribution in [1.82, 2.24) is 0 Å². The second-order valence-electron chi connectivity index (χ2n) is 5.36. The van der Waals surface area contributed by atoms with Crippen molar-refractivity contribution < 1.29 is 9.66 Å². The molecule has 1 aromatic carbocycles. The van der Waals surface area contributed by atoms with Gasteiger partial charge in [-0.05, 0) is 25.3 Å². The molecule has 0 amide bonds. The number of nitro benzene ring substituents is 1. The molecule has 1 saturated heterocycles. The van der Waals surface area contributed by atoms with Gasteiger partial charge in [-0.25, -0.2) is 0 Å². The van der Waals surface area contributed by atoms with Crippen molar-refractivity contribution in [1.29, 1.82) is 5.26 Å². The van der Waals surface area contributed by atoms with Gasteiger partial charge in [0.15, 0.2) is 0 Å². The first-order chi connectivity index (χ1) is 11.1. The highest BCUT2D eigenvalue weighted by atomic mass is 35.5. The molecule has 0 spiro atoms. The number of piperidine rings is 1. The first-order valence-electron chi connectivity index (χ1n) is 7.41. The Morgan fingerprint density at radius 2 is 2.35 bits per heavy atom. The molecule has 1 aliphatic heterocycles. The van der Waals surface area contributed by atoms with E-state index in [1.165, 1.54) is 12.1 Å². The van der Waals surface area contributed by atoms with E-state index in [4.69, 9.17) is 21.6 Å². The normalized spacial score (nSPS) is 17.6. The minimum Gasteiger partial charge on any atom is -0.375 e. The van der Waals surface area contributed by atoms with Gasteiger partial charge in [0.1, 0.15) is 11.8 Å². The third-order valence-electron chi connectivity index (χ3n) is 3.86. The van der Waals surface area contributed by atoms with E-state index in [1.54, 1.807) is 6.08 Å². The first-order valence-corrected chi connectivity index (χ1v) is 7.79. The fourth-order valence-corrected chi connectivity index (χ4v) is 2.99. The van der Waals surface area contributed by atoms with Crippen molar-refractivity contribution in [3.63, 3.8) is 0 Å². The standard InChI is InChI=1S/C16H18ClN3O3/c1-2-7-23-11-13-5-3-4-6-19(13)15-9-14(17)12(10-18)8-16(15)20(21)22/h2,8-9,13H,1,3-7,11H2/t13-/m0/s1. The SMILES string of the molecule is C=CCOC[C@@H]1CCCCN1c1cc(Cl)c(C#N)cc1[N+](=O)[O-]. The van der Waals surface area contributed by atoms with Crippen LogP contribution in [0.1, 0.15) is 24.8 Å². The molecule has 0 aliphatic carbocycles. The number of ether oxygens (including phenoxy) is 1. The zero-order chi connectivity index (χ0) is 16.8. The number of halogens is 1. The predicted octanol–water partition coefficient (Wildman–Crippen LogP) is 3.68. The van der Waals surface area contributed by atoms with Crippen molar-refractivity contribution in [2.24, 2.45) is 0 Å². The molecule has 1 aliphatic rings. The van der Waals surface area contributed by atoms with Crippen LogP contribution < -0.4 is 4.90 Å². The van der Waals surface area contributed by atoms with E-state index in [-0.39, 0.29) is 22.3 Å². The number of hydrogen-bond acceptors (Lipinski definition) is 5. The molecule has 122 valence electrons. The minimum atomic E-state index is -0.469. The molecule has 1 atom stereocenters. The van der Waals surface area contributed by atoms with E-state index >= 15 is 0 Å². The minimum absolute atomic E-state index is 0.0476. The molecule has 6 nitrogen and oxygen atoms in total. The molecule has 23 heavy (non-hydrogen) atoms. The fourth-order valence-electron chi connectivity index (χ4n) is 2.79. The zero-order valence-corrected chi connectivity index (χ0v) is 13.5. The van der Waals surface area contributed by atoms with Gasteiger partial charge in [0.05, 0.1) is 34.8 Å². The Labute approximate surface area is 140 Å². The van der Waals surface area contributed by atoms with Crippen LogP contribution in [0.15, 0.2) is 24.8 Å². The largest absolute Gasteiger partial charge is 0.375 e. The van der Waals surface area contributed by atoms with Crippen LogP contribution >= 0.6 is 11.6 Å². The summed E-state index contributed by atoms with van der Waals surface area (Å²) in [6.07, 6.45) is 4.57. The Hall–Kier alpha value is -2.10. The maximum atomic E-state index is 11.4. The molecule has 1 aromatic rings. The van der Waals surface area contributed by atoms with Gasteiger partial charge in [0.25, 0.3) is 5.69 Å². The van der Waals surface area contributed by atoms with E-state index in [0.29, 0.717) is 25.4 Å². The second kappa shape index (κ2) is 7.95. The highest BCUT2D eigenvalue weighted by Crippen LogP contribution is 2.37. The third kappa shape index (κ3) is 4.01. The summed E-state index contributed by atoms with van der Waals surface area (Å²) in [5, 5.41) is 20.6. The first kappa shape index (κ1) is 17.3. The molecular weight excluding hydrogens is 318 g/mol. The summed E-state index contributed by atoms with van der Waals surface area (Å²) >= 11 is 6.08. The van der Waals surface area contributed by atoms with E-state index in [9.17, 15) is 10.1 Å². The number of nitriles is 1. The monoisotopic (exact) mass is 335 g/mol. The predicted molar refractivity (Wildman–Crippen MR) is 88.8 cm³/mol. The van der Waals surface area contributed by atoms with Gasteiger partial charge in [-0.1, -0.05) is 17.7 Å². The van der Waals surface area contributed by atoms with Crippen LogP contribution in [-0.4, -0.2) is 30.7 Å². The number of nitrogens with zero attached hydrogens (tertiary/aromatic N) is 3. The molecule has 1 fully saturated rings. The summed E-state index contributed by atoms with van der Waals surface area (Å²) in [4.78, 5) is 12.9. The van der Waals surface area contributed by atoms with Crippen LogP contribution in [-0.2, 0) is 4.74 Å². The molecular formula is C16H18ClN3O3.